The van der Waals surface area contributed by atoms with Crippen molar-refractivity contribution >= 4 is 5.91 Å². The van der Waals surface area contributed by atoms with Gasteiger partial charge >= 0.3 is 0 Å². The summed E-state index contributed by atoms with van der Waals surface area (Å²) in [6.45, 7) is 3.28. The molecule has 2 N–H and O–H groups in total. The van der Waals surface area contributed by atoms with Gasteiger partial charge in [0, 0.05) is 25.1 Å². The largest absolute Gasteiger partial charge is 0.507 e. The molecule has 2 rings (SSSR count). The Hall–Kier alpha value is -1.62. The Morgan fingerprint density at radius 1 is 1.58 bits per heavy atom. The highest BCUT2D eigenvalue weighted by Crippen LogP contribution is 2.23. The number of rotatable bonds is 4. The van der Waals surface area contributed by atoms with Crippen molar-refractivity contribution in [3.05, 3.63) is 29.6 Å². The van der Waals surface area contributed by atoms with E-state index in [0.29, 0.717) is 12.5 Å². The molecule has 1 saturated heterocycles. The Kier molecular flexibility index (Phi) is 4.37. The van der Waals surface area contributed by atoms with E-state index in [0.717, 1.165) is 31.6 Å². The van der Waals surface area contributed by atoms with Gasteiger partial charge in [0.25, 0.3) is 5.91 Å². The van der Waals surface area contributed by atoms with E-state index in [1.165, 1.54) is 6.07 Å². The molecule has 0 saturated carbocycles. The van der Waals surface area contributed by atoms with Crippen LogP contribution in [-0.2, 0) is 4.74 Å². The molecule has 1 aliphatic heterocycles. The minimum atomic E-state index is -0.565. The summed E-state index contributed by atoms with van der Waals surface area (Å²) in [6.07, 6.45) is 2.03. The second-order valence-corrected chi connectivity index (χ2v) is 4.74. The number of benzene rings is 1. The number of halogens is 1. The van der Waals surface area contributed by atoms with Gasteiger partial charge < -0.3 is 15.2 Å². The number of amides is 1. The van der Waals surface area contributed by atoms with Crippen LogP contribution in [-0.4, -0.2) is 30.3 Å². The molecule has 0 aromatic heterocycles. The molecule has 5 heteroatoms. The average Bonchev–Trinajstić information content (AvgIpc) is 2.83. The molecule has 19 heavy (non-hydrogen) atoms. The van der Waals surface area contributed by atoms with Crippen molar-refractivity contribution < 1.29 is 19.0 Å². The predicted molar refractivity (Wildman–Crippen MR) is 68.5 cm³/mol. The lowest BCUT2D eigenvalue weighted by molar-refractivity contribution is 0.0826. The first kappa shape index (κ1) is 13.8. The predicted octanol–water partition coefficient (Wildman–Crippen LogP) is 2.08. The molecule has 1 aromatic carbocycles. The number of carbonyl (C=O) groups excluding carboxylic acids is 1. The lowest BCUT2D eigenvalue weighted by Gasteiger charge is -2.17. The van der Waals surface area contributed by atoms with Gasteiger partial charge in [-0.2, -0.15) is 0 Å². The number of phenolic OH excluding ortho intramolecular Hbond substituents is 1. The van der Waals surface area contributed by atoms with Gasteiger partial charge in [0.1, 0.15) is 11.6 Å². The molecule has 2 unspecified atom stereocenters. The van der Waals surface area contributed by atoms with E-state index < -0.39 is 5.82 Å². The summed E-state index contributed by atoms with van der Waals surface area (Å²) in [5.41, 5.74) is 0.0911. The highest BCUT2D eigenvalue weighted by molar-refractivity contribution is 5.96. The number of phenols is 1. The first-order valence-corrected chi connectivity index (χ1v) is 6.50. The number of carbonyl (C=O) groups is 1. The van der Waals surface area contributed by atoms with Crippen LogP contribution in [0.25, 0.3) is 0 Å². The lowest BCUT2D eigenvalue weighted by Crippen LogP contribution is -2.32. The van der Waals surface area contributed by atoms with Crippen LogP contribution in [0, 0.1) is 11.7 Å². The van der Waals surface area contributed by atoms with Crippen LogP contribution in [0.4, 0.5) is 4.39 Å². The molecule has 0 bridgehead atoms. The molecule has 0 radical (unpaired) electrons. The van der Waals surface area contributed by atoms with E-state index in [2.05, 4.69) is 12.2 Å². The monoisotopic (exact) mass is 267 g/mol. The third-order valence-corrected chi connectivity index (χ3v) is 3.48. The van der Waals surface area contributed by atoms with Gasteiger partial charge in [-0.05, 0) is 25.0 Å². The first-order chi connectivity index (χ1) is 9.11. The van der Waals surface area contributed by atoms with Crippen LogP contribution in [0.15, 0.2) is 18.2 Å². The Morgan fingerprint density at radius 3 is 3.05 bits per heavy atom. The molecular formula is C14H18FNO3. The average molecular weight is 267 g/mol. The standard InChI is InChI=1S/C14H18FNO3/c1-2-13-9(5-6-19-13)8-16-14(18)11-4-3-10(15)7-12(11)17/h3-4,7,9,13,17H,2,5-6,8H2,1H3,(H,16,18). The Morgan fingerprint density at radius 2 is 2.37 bits per heavy atom. The zero-order chi connectivity index (χ0) is 13.8. The molecular weight excluding hydrogens is 249 g/mol. The van der Waals surface area contributed by atoms with E-state index in [1.807, 2.05) is 0 Å². The minimum Gasteiger partial charge on any atom is -0.507 e. The van der Waals surface area contributed by atoms with Crippen LogP contribution in [0.3, 0.4) is 0 Å². The van der Waals surface area contributed by atoms with Gasteiger partial charge in [0.05, 0.1) is 11.7 Å². The highest BCUT2D eigenvalue weighted by Gasteiger charge is 2.27. The number of hydrogen-bond donors (Lipinski definition) is 2. The zero-order valence-corrected chi connectivity index (χ0v) is 10.9. The molecule has 1 fully saturated rings. The van der Waals surface area contributed by atoms with Gasteiger partial charge in [-0.3, -0.25) is 4.79 Å². The van der Waals surface area contributed by atoms with E-state index in [1.54, 1.807) is 0 Å². The second kappa shape index (κ2) is 6.02. The van der Waals surface area contributed by atoms with E-state index in [9.17, 15) is 14.3 Å². The fourth-order valence-corrected chi connectivity index (χ4v) is 2.39. The Bertz CT molecular complexity index is 464. The molecule has 0 spiro atoms. The smallest absolute Gasteiger partial charge is 0.255 e. The summed E-state index contributed by atoms with van der Waals surface area (Å²) >= 11 is 0. The molecule has 1 aliphatic rings. The van der Waals surface area contributed by atoms with Crippen molar-refractivity contribution in [2.45, 2.75) is 25.9 Å². The summed E-state index contributed by atoms with van der Waals surface area (Å²) in [5, 5.41) is 12.3. The maximum Gasteiger partial charge on any atom is 0.255 e. The van der Waals surface area contributed by atoms with Gasteiger partial charge in [-0.1, -0.05) is 6.92 Å². The number of aromatic hydroxyl groups is 1. The summed E-state index contributed by atoms with van der Waals surface area (Å²) in [6, 6.07) is 3.37. The molecule has 104 valence electrons. The number of hydrogen-bond acceptors (Lipinski definition) is 3. The highest BCUT2D eigenvalue weighted by atomic mass is 19.1. The van der Waals surface area contributed by atoms with Crippen LogP contribution in [0.5, 0.6) is 5.75 Å². The normalized spacial score (nSPS) is 22.4. The first-order valence-electron chi connectivity index (χ1n) is 6.50. The topological polar surface area (TPSA) is 58.6 Å². The van der Waals surface area contributed by atoms with Crippen molar-refractivity contribution in [1.29, 1.82) is 0 Å². The molecule has 1 aromatic rings. The summed E-state index contributed by atoms with van der Waals surface area (Å²) in [4.78, 5) is 11.9. The van der Waals surface area contributed by atoms with Crippen LogP contribution in [0.1, 0.15) is 30.1 Å². The summed E-state index contributed by atoms with van der Waals surface area (Å²) < 4.78 is 18.4. The third-order valence-electron chi connectivity index (χ3n) is 3.48. The molecule has 2 atom stereocenters. The maximum atomic E-state index is 12.8. The van der Waals surface area contributed by atoms with Gasteiger partial charge in [0.15, 0.2) is 0 Å². The number of ether oxygens (including phenoxy) is 1. The van der Waals surface area contributed by atoms with E-state index in [4.69, 9.17) is 4.74 Å². The van der Waals surface area contributed by atoms with Crippen LogP contribution in [0.2, 0.25) is 0 Å². The van der Waals surface area contributed by atoms with Crippen molar-refractivity contribution in [2.75, 3.05) is 13.2 Å². The van der Waals surface area contributed by atoms with Crippen molar-refractivity contribution in [3.63, 3.8) is 0 Å². The fraction of sp³-hybridized carbons (Fsp3) is 0.500. The Labute approximate surface area is 111 Å². The second-order valence-electron chi connectivity index (χ2n) is 4.74. The van der Waals surface area contributed by atoms with Gasteiger partial charge in [-0.15, -0.1) is 0 Å². The van der Waals surface area contributed by atoms with Crippen LogP contribution < -0.4 is 5.32 Å². The zero-order valence-electron chi connectivity index (χ0n) is 10.9. The molecule has 1 heterocycles. The minimum absolute atomic E-state index is 0.0911. The van der Waals surface area contributed by atoms with Gasteiger partial charge in [0.2, 0.25) is 0 Å². The van der Waals surface area contributed by atoms with Crippen LogP contribution >= 0.6 is 0 Å². The number of nitrogens with one attached hydrogen (secondary N) is 1. The maximum absolute atomic E-state index is 12.8. The van der Waals surface area contributed by atoms with E-state index >= 15 is 0 Å². The summed E-state index contributed by atoms with van der Waals surface area (Å²) in [5.74, 6) is -0.993. The van der Waals surface area contributed by atoms with Crippen molar-refractivity contribution in [2.24, 2.45) is 5.92 Å². The third kappa shape index (κ3) is 3.23. The Balaban J connectivity index is 1.94. The molecule has 0 aliphatic carbocycles. The summed E-state index contributed by atoms with van der Waals surface area (Å²) in [7, 11) is 0. The molecule has 4 nitrogen and oxygen atoms in total. The van der Waals surface area contributed by atoms with Crippen molar-refractivity contribution in [1.82, 2.24) is 5.32 Å². The SMILES string of the molecule is CCC1OCCC1CNC(=O)c1ccc(F)cc1O. The quantitative estimate of drug-likeness (QED) is 0.878. The van der Waals surface area contributed by atoms with Gasteiger partial charge in [-0.25, -0.2) is 4.39 Å². The van der Waals surface area contributed by atoms with E-state index in [-0.39, 0.29) is 23.3 Å². The fourth-order valence-electron chi connectivity index (χ4n) is 2.39. The lowest BCUT2D eigenvalue weighted by atomic mass is 9.99. The molecule has 1 amide bonds. The van der Waals surface area contributed by atoms with Crippen molar-refractivity contribution in [3.8, 4) is 5.75 Å².